The quantitative estimate of drug-likeness (QED) is 0.428. The van der Waals surface area contributed by atoms with Crippen LogP contribution < -0.4 is 4.57 Å². The van der Waals surface area contributed by atoms with Crippen LogP contribution in [0, 0.1) is 20.8 Å². The van der Waals surface area contributed by atoms with Crippen LogP contribution >= 0.6 is 0 Å². The van der Waals surface area contributed by atoms with Crippen molar-refractivity contribution in [3.8, 4) is 0 Å². The van der Waals surface area contributed by atoms with Crippen LogP contribution in [0.15, 0.2) is 47.6 Å². The number of nitrogens with zero attached hydrogens (tertiary/aromatic N) is 1. The van der Waals surface area contributed by atoms with Gasteiger partial charge in [0.05, 0.1) is 4.90 Å². The summed E-state index contributed by atoms with van der Waals surface area (Å²) < 4.78 is 85.3. The van der Waals surface area contributed by atoms with Gasteiger partial charge in [-0.15, -0.1) is 0 Å². The maximum Gasteiger partial charge on any atom is 0.485 e. The number of hydrogen-bond acceptors (Lipinski definition) is 5. The van der Waals surface area contributed by atoms with Gasteiger partial charge in [0.1, 0.15) is 0 Å². The Labute approximate surface area is 155 Å². The minimum Gasteiger partial charge on any atom is -0.741 e. The molecule has 27 heavy (non-hydrogen) atoms. The molecule has 0 aliphatic rings. The van der Waals surface area contributed by atoms with E-state index in [1.54, 1.807) is 16.7 Å². The lowest BCUT2D eigenvalue weighted by molar-refractivity contribution is -0.678. The normalized spacial score (nSPS) is 12.3. The van der Waals surface area contributed by atoms with E-state index in [0.29, 0.717) is 4.90 Å². The van der Waals surface area contributed by atoms with Gasteiger partial charge in [0.25, 0.3) is 5.88 Å². The highest BCUT2D eigenvalue weighted by Crippen LogP contribution is 2.20. The van der Waals surface area contributed by atoms with Gasteiger partial charge in [-0.2, -0.15) is 17.7 Å². The molecule has 0 spiro atoms. The molecule has 0 radical (unpaired) electrons. The van der Waals surface area contributed by atoms with Crippen molar-refractivity contribution in [2.45, 2.75) is 37.1 Å². The maximum atomic E-state index is 12.3. The molecule has 0 N–H and O–H groups in total. The molecule has 0 saturated heterocycles. The Morgan fingerprint density at radius 1 is 0.889 bits per heavy atom. The highest BCUT2D eigenvalue weighted by molar-refractivity contribution is 7.90. The zero-order valence-electron chi connectivity index (χ0n) is 14.7. The van der Waals surface area contributed by atoms with Crippen LogP contribution in [0.4, 0.5) is 13.2 Å². The van der Waals surface area contributed by atoms with Gasteiger partial charge >= 0.3 is 5.51 Å². The third-order valence-electron chi connectivity index (χ3n) is 3.18. The Balaban J connectivity index is 0.000000387. The fourth-order valence-corrected chi connectivity index (χ4v) is 3.33. The Kier molecular flexibility index (Phi) is 7.14. The number of halogens is 3. The zero-order valence-corrected chi connectivity index (χ0v) is 16.3. The fraction of sp³-hybridized carbons (Fsp3) is 0.312. The summed E-state index contributed by atoms with van der Waals surface area (Å²) in [5.74, 6) is -0.0292. The SMILES string of the molecule is Cc1ccc(S(=O)(=O)C[n+]2cc(C)cc(C)c2)cc1.O=S(=O)([O-])C(F)(F)F. The minimum atomic E-state index is -6.09. The highest BCUT2D eigenvalue weighted by Gasteiger charge is 2.36. The summed E-state index contributed by atoms with van der Waals surface area (Å²) in [7, 11) is -9.39. The van der Waals surface area contributed by atoms with Crippen molar-refractivity contribution in [3.63, 3.8) is 0 Å². The molecule has 2 rings (SSSR count). The van der Waals surface area contributed by atoms with E-state index in [1.165, 1.54) is 0 Å². The van der Waals surface area contributed by atoms with E-state index in [2.05, 4.69) is 0 Å². The van der Waals surface area contributed by atoms with Crippen LogP contribution in [0.3, 0.4) is 0 Å². The summed E-state index contributed by atoms with van der Waals surface area (Å²) >= 11 is 0. The number of rotatable bonds is 3. The molecule has 150 valence electrons. The molecule has 0 unspecified atom stereocenters. The van der Waals surface area contributed by atoms with Crippen molar-refractivity contribution >= 4 is 20.0 Å². The van der Waals surface area contributed by atoms with Gasteiger partial charge in [-0.05, 0) is 39.0 Å². The molecule has 0 amide bonds. The standard InChI is InChI=1S/C15H18NO2S.CHF3O3S/c1-12-4-6-15(7-5-12)19(17,18)11-16-9-13(2)8-14(3)10-16;2-1(3,4)8(5,6)7/h4-10H,11H2,1-3H3;(H,5,6,7)/q+1;/p-1. The van der Waals surface area contributed by atoms with E-state index in [9.17, 15) is 21.6 Å². The van der Waals surface area contributed by atoms with Crippen molar-refractivity contribution in [1.82, 2.24) is 0 Å². The second kappa shape index (κ2) is 8.36. The lowest BCUT2D eigenvalue weighted by Crippen LogP contribution is -2.38. The van der Waals surface area contributed by atoms with Crippen molar-refractivity contribution in [2.75, 3.05) is 0 Å². The topological polar surface area (TPSA) is 95.2 Å². The third kappa shape index (κ3) is 7.27. The number of alkyl halides is 3. The summed E-state index contributed by atoms with van der Waals surface area (Å²) in [5.41, 5.74) is -2.48. The van der Waals surface area contributed by atoms with Crippen molar-refractivity contribution in [1.29, 1.82) is 0 Å². The first-order chi connectivity index (χ1) is 12.1. The van der Waals surface area contributed by atoms with E-state index < -0.39 is 25.5 Å². The maximum absolute atomic E-state index is 12.3. The summed E-state index contributed by atoms with van der Waals surface area (Å²) in [4.78, 5) is 0.366. The largest absolute Gasteiger partial charge is 0.741 e. The second-order valence-corrected chi connectivity index (χ2v) is 9.19. The van der Waals surface area contributed by atoms with Crippen LogP contribution in [0.5, 0.6) is 0 Å². The summed E-state index contributed by atoms with van der Waals surface area (Å²) in [5, 5.41) is 0. The molecular formula is C16H18F3NO5S2. The molecule has 0 aliphatic carbocycles. The average molecular weight is 425 g/mol. The lowest BCUT2D eigenvalue weighted by atomic mass is 10.2. The smallest absolute Gasteiger partial charge is 0.485 e. The summed E-state index contributed by atoms with van der Waals surface area (Å²) in [6.07, 6.45) is 3.69. The third-order valence-corrected chi connectivity index (χ3v) is 5.37. The first kappa shape index (κ1) is 23.1. The van der Waals surface area contributed by atoms with E-state index in [-0.39, 0.29) is 5.88 Å². The number of sulfone groups is 1. The molecule has 0 atom stereocenters. The minimum absolute atomic E-state index is 0.0292. The molecule has 11 heteroatoms. The Bertz CT molecular complexity index is 979. The highest BCUT2D eigenvalue weighted by atomic mass is 32.2. The first-order valence-corrected chi connectivity index (χ1v) is 10.5. The van der Waals surface area contributed by atoms with Crippen molar-refractivity contribution in [3.05, 3.63) is 59.4 Å². The molecule has 1 aromatic heterocycles. The van der Waals surface area contributed by atoms with Gasteiger partial charge in [0.2, 0.25) is 9.84 Å². The molecule has 2 aromatic rings. The lowest BCUT2D eigenvalue weighted by Gasteiger charge is -2.08. The van der Waals surface area contributed by atoms with Crippen LogP contribution in [0.1, 0.15) is 16.7 Å². The predicted molar refractivity (Wildman–Crippen MR) is 90.2 cm³/mol. The summed E-state index contributed by atoms with van der Waals surface area (Å²) in [6, 6.07) is 8.98. The molecule has 1 heterocycles. The molecular weight excluding hydrogens is 407 g/mol. The number of aromatic nitrogens is 1. The van der Waals surface area contributed by atoms with E-state index in [0.717, 1.165) is 16.7 Å². The van der Waals surface area contributed by atoms with Gasteiger partial charge < -0.3 is 4.55 Å². The van der Waals surface area contributed by atoms with Crippen LogP contribution in [0.25, 0.3) is 0 Å². The fourth-order valence-electron chi connectivity index (χ4n) is 2.08. The Hall–Kier alpha value is -1.98. The molecule has 0 aliphatic heterocycles. The van der Waals surface area contributed by atoms with Gasteiger partial charge in [0.15, 0.2) is 22.5 Å². The van der Waals surface area contributed by atoms with E-state index in [4.69, 9.17) is 13.0 Å². The average Bonchev–Trinajstić information content (AvgIpc) is 2.44. The number of benzene rings is 1. The number of aryl methyl sites for hydroxylation is 3. The van der Waals surface area contributed by atoms with Crippen LogP contribution in [-0.2, 0) is 25.8 Å². The van der Waals surface area contributed by atoms with Gasteiger partial charge in [-0.3, -0.25) is 0 Å². The molecule has 6 nitrogen and oxygen atoms in total. The Morgan fingerprint density at radius 2 is 1.30 bits per heavy atom. The number of hydrogen-bond donors (Lipinski definition) is 0. The first-order valence-electron chi connectivity index (χ1n) is 7.41. The van der Waals surface area contributed by atoms with Gasteiger partial charge in [-0.1, -0.05) is 17.7 Å². The Morgan fingerprint density at radius 3 is 1.67 bits per heavy atom. The van der Waals surface area contributed by atoms with Crippen molar-refractivity contribution in [2.24, 2.45) is 0 Å². The zero-order chi connectivity index (χ0) is 21.0. The molecule has 0 fully saturated rings. The summed E-state index contributed by atoms with van der Waals surface area (Å²) in [6.45, 7) is 5.86. The molecule has 0 saturated carbocycles. The van der Waals surface area contributed by atoms with Crippen molar-refractivity contribution < 1.29 is 39.1 Å². The van der Waals surface area contributed by atoms with Gasteiger partial charge in [-0.25, -0.2) is 16.8 Å². The van der Waals surface area contributed by atoms with Gasteiger partial charge in [0, 0.05) is 11.1 Å². The van der Waals surface area contributed by atoms with Crippen LogP contribution in [-0.4, -0.2) is 26.9 Å². The monoisotopic (exact) mass is 425 g/mol. The van der Waals surface area contributed by atoms with E-state index >= 15 is 0 Å². The number of pyridine rings is 1. The van der Waals surface area contributed by atoms with E-state index in [1.807, 2.05) is 51.4 Å². The van der Waals surface area contributed by atoms with Crippen LogP contribution in [0.2, 0.25) is 0 Å². The molecule has 0 bridgehead atoms. The second-order valence-electron chi connectivity index (χ2n) is 5.86. The molecule has 1 aromatic carbocycles. The predicted octanol–water partition coefficient (Wildman–Crippen LogP) is 2.38.